The van der Waals surface area contributed by atoms with Gasteiger partial charge in [-0.05, 0) is 62.4 Å². The fourth-order valence-corrected chi connectivity index (χ4v) is 9.92. The van der Waals surface area contributed by atoms with Crippen LogP contribution < -0.4 is 29.2 Å². The molecule has 0 aliphatic rings. The number of rotatable bonds is 12. The molecular weight excluding hydrogens is 500 g/mol. The molecule has 9 heteroatoms. The molecule has 37 heavy (non-hydrogen) atoms. The molecule has 0 fully saturated rings. The maximum atomic E-state index is 6.90. The first-order valence-corrected chi connectivity index (χ1v) is 15.7. The van der Waals surface area contributed by atoms with Crippen molar-refractivity contribution in [1.29, 1.82) is 0 Å². The normalized spacial score (nSPS) is 13.3. The average Bonchev–Trinajstić information content (AvgIpc) is 2.90. The van der Waals surface area contributed by atoms with E-state index in [9.17, 15) is 0 Å². The number of benzene rings is 4. The molecule has 0 aliphatic carbocycles. The number of hydrogen-bond acceptors (Lipinski definition) is 7. The SMILES string of the molecule is CC(N)[Si](Oc1ccccc1)(Oc1ccccc1)O[Si](Oc1ccccc1)(Oc1ccccc1)C(C)N. The molecule has 2 unspecified atom stereocenters. The highest BCUT2D eigenvalue weighted by Crippen LogP contribution is 2.30. The molecule has 2 atom stereocenters. The van der Waals surface area contributed by atoms with Crippen LogP contribution in [-0.4, -0.2) is 28.9 Å². The van der Waals surface area contributed by atoms with Crippen LogP contribution in [0, 0.1) is 0 Å². The third-order valence-electron chi connectivity index (χ3n) is 5.41. The molecular formula is C28H32N2O5Si2. The highest BCUT2D eigenvalue weighted by molar-refractivity contribution is 6.78. The zero-order chi connectivity index (χ0) is 26.1. The van der Waals surface area contributed by atoms with Crippen LogP contribution in [0.1, 0.15) is 13.8 Å². The van der Waals surface area contributed by atoms with Crippen molar-refractivity contribution in [3.63, 3.8) is 0 Å². The summed E-state index contributed by atoms with van der Waals surface area (Å²) in [6.07, 6.45) is 0. The standard InChI is InChI=1S/C28H32N2O5Si2/c1-23(29)36(31-25-15-7-3-8-16-25,32-26-17-9-4-10-18-26)35-37(24(2)30,33-27-19-11-5-12-20-27)34-28-21-13-6-14-22-28/h3-24H,29-30H2,1-2H3. The zero-order valence-electron chi connectivity index (χ0n) is 20.9. The molecule has 0 saturated heterocycles. The van der Waals surface area contributed by atoms with Crippen LogP contribution in [0.2, 0.25) is 0 Å². The number of hydrogen-bond donors (Lipinski definition) is 2. The van der Waals surface area contributed by atoms with Gasteiger partial charge in [0.25, 0.3) is 0 Å². The number of nitrogens with two attached hydrogens (primary N) is 2. The first kappa shape index (κ1) is 26.5. The summed E-state index contributed by atoms with van der Waals surface area (Å²) < 4.78 is 33.1. The fraction of sp³-hybridized carbons (Fsp3) is 0.143. The Labute approximate surface area is 220 Å². The summed E-state index contributed by atoms with van der Waals surface area (Å²) in [5.74, 6) is 2.20. The van der Waals surface area contributed by atoms with Gasteiger partial charge in [-0.15, -0.1) is 0 Å². The van der Waals surface area contributed by atoms with Gasteiger partial charge < -0.3 is 33.3 Å². The summed E-state index contributed by atoms with van der Waals surface area (Å²) >= 11 is 0. The Morgan fingerprint density at radius 2 is 0.649 bits per heavy atom. The second-order valence-electron chi connectivity index (χ2n) is 8.55. The van der Waals surface area contributed by atoms with Crippen LogP contribution in [0.25, 0.3) is 0 Å². The first-order chi connectivity index (χ1) is 17.9. The highest BCUT2D eigenvalue weighted by atomic mass is 28.5. The van der Waals surface area contributed by atoms with E-state index in [1.165, 1.54) is 0 Å². The second-order valence-corrected chi connectivity index (χ2v) is 14.4. The van der Waals surface area contributed by atoms with E-state index in [4.69, 9.17) is 33.3 Å². The maximum absolute atomic E-state index is 6.90. The molecule has 0 bridgehead atoms. The predicted octanol–water partition coefficient (Wildman–Crippen LogP) is 4.97. The molecule has 0 amide bonds. The van der Waals surface area contributed by atoms with Crippen LogP contribution in [0.3, 0.4) is 0 Å². The van der Waals surface area contributed by atoms with Gasteiger partial charge in [0.15, 0.2) is 0 Å². The van der Waals surface area contributed by atoms with E-state index < -0.39 is 28.9 Å². The van der Waals surface area contributed by atoms with E-state index in [0.717, 1.165) is 0 Å². The third kappa shape index (κ3) is 6.79. The van der Waals surface area contributed by atoms with Gasteiger partial charge in [0.05, 0.1) is 11.3 Å². The average molecular weight is 533 g/mol. The van der Waals surface area contributed by atoms with Crippen molar-refractivity contribution < 1.29 is 21.8 Å². The molecule has 0 saturated carbocycles. The fourth-order valence-electron chi connectivity index (χ4n) is 3.49. The Bertz CT molecular complexity index is 1040. The predicted molar refractivity (Wildman–Crippen MR) is 148 cm³/mol. The van der Waals surface area contributed by atoms with Crippen molar-refractivity contribution in [3.05, 3.63) is 121 Å². The molecule has 0 aromatic heterocycles. The van der Waals surface area contributed by atoms with Gasteiger partial charge in [-0.1, -0.05) is 72.8 Å². The molecule has 0 radical (unpaired) electrons. The molecule has 192 valence electrons. The van der Waals surface area contributed by atoms with Crippen LogP contribution in [0.4, 0.5) is 0 Å². The van der Waals surface area contributed by atoms with Crippen LogP contribution in [0.5, 0.6) is 23.0 Å². The molecule has 4 aromatic rings. The summed E-state index contributed by atoms with van der Waals surface area (Å²) in [5.41, 5.74) is 11.9. The van der Waals surface area contributed by atoms with E-state index in [2.05, 4.69) is 0 Å². The van der Waals surface area contributed by atoms with Crippen LogP contribution in [0.15, 0.2) is 121 Å². The quantitative estimate of drug-likeness (QED) is 0.249. The van der Waals surface area contributed by atoms with Gasteiger partial charge in [0.1, 0.15) is 23.0 Å². The lowest BCUT2D eigenvalue weighted by Gasteiger charge is -2.40. The molecule has 0 spiro atoms. The van der Waals surface area contributed by atoms with Crippen molar-refractivity contribution in [3.8, 4) is 23.0 Å². The minimum absolute atomic E-state index is 0.550. The first-order valence-electron chi connectivity index (χ1n) is 12.1. The van der Waals surface area contributed by atoms with E-state index in [1.54, 1.807) is 13.8 Å². The zero-order valence-corrected chi connectivity index (χ0v) is 22.9. The van der Waals surface area contributed by atoms with Gasteiger partial charge in [-0.2, -0.15) is 0 Å². The Morgan fingerprint density at radius 1 is 0.432 bits per heavy atom. The van der Waals surface area contributed by atoms with Gasteiger partial charge >= 0.3 is 17.6 Å². The topological polar surface area (TPSA) is 98.2 Å². The van der Waals surface area contributed by atoms with Gasteiger partial charge in [0.2, 0.25) is 0 Å². The van der Waals surface area contributed by atoms with Gasteiger partial charge in [0, 0.05) is 0 Å². The lowest BCUT2D eigenvalue weighted by atomic mass is 10.3. The minimum atomic E-state index is -3.85. The molecule has 4 N–H and O–H groups in total. The smallest absolute Gasteiger partial charge is 0.492 e. The van der Waals surface area contributed by atoms with Crippen molar-refractivity contribution >= 4 is 17.6 Å². The Hall–Kier alpha value is -3.61. The van der Waals surface area contributed by atoms with E-state index in [1.807, 2.05) is 121 Å². The molecule has 0 aliphatic heterocycles. The summed E-state index contributed by atoms with van der Waals surface area (Å²) in [6.45, 7) is 3.59. The molecule has 7 nitrogen and oxygen atoms in total. The monoisotopic (exact) mass is 532 g/mol. The van der Waals surface area contributed by atoms with Crippen molar-refractivity contribution in [2.24, 2.45) is 11.5 Å². The Morgan fingerprint density at radius 3 is 0.838 bits per heavy atom. The Kier molecular flexibility index (Phi) is 8.64. The van der Waals surface area contributed by atoms with Crippen molar-refractivity contribution in [2.75, 3.05) is 0 Å². The van der Waals surface area contributed by atoms with Crippen molar-refractivity contribution in [1.82, 2.24) is 0 Å². The van der Waals surface area contributed by atoms with E-state index in [-0.39, 0.29) is 0 Å². The largest absolute Gasteiger partial charge is 0.643 e. The molecule has 0 heterocycles. The van der Waals surface area contributed by atoms with Crippen molar-refractivity contribution in [2.45, 2.75) is 25.2 Å². The second kappa shape index (κ2) is 12.1. The summed E-state index contributed by atoms with van der Waals surface area (Å²) in [4.78, 5) is 0. The van der Waals surface area contributed by atoms with Gasteiger partial charge in [-0.25, -0.2) is 0 Å². The van der Waals surface area contributed by atoms with E-state index in [0.29, 0.717) is 23.0 Å². The molecule has 4 aromatic carbocycles. The van der Waals surface area contributed by atoms with Crippen LogP contribution in [-0.2, 0) is 4.12 Å². The summed E-state index contributed by atoms with van der Waals surface area (Å²) in [6, 6.07) is 37.2. The Balaban J connectivity index is 1.83. The lowest BCUT2D eigenvalue weighted by Crippen LogP contribution is -2.75. The minimum Gasteiger partial charge on any atom is -0.492 e. The molecule has 4 rings (SSSR count). The van der Waals surface area contributed by atoms with Crippen LogP contribution >= 0.6 is 0 Å². The lowest BCUT2D eigenvalue weighted by molar-refractivity contribution is 0.166. The maximum Gasteiger partial charge on any atom is 0.643 e. The third-order valence-corrected chi connectivity index (χ3v) is 12.0. The summed E-state index contributed by atoms with van der Waals surface area (Å²) in [7, 11) is -7.70. The van der Waals surface area contributed by atoms with Gasteiger partial charge in [-0.3, -0.25) is 0 Å². The van der Waals surface area contributed by atoms with E-state index >= 15 is 0 Å². The highest BCUT2D eigenvalue weighted by Gasteiger charge is 2.64. The number of para-hydroxylation sites is 4. The summed E-state index contributed by atoms with van der Waals surface area (Å²) in [5, 5.41) is 0.